The van der Waals surface area contributed by atoms with Gasteiger partial charge in [0.05, 0.1) is 11.8 Å². The van der Waals surface area contributed by atoms with Crippen molar-refractivity contribution in [1.29, 1.82) is 0 Å². The molecular formula is C7H7ClO2. The third-order valence-electron chi connectivity index (χ3n) is 1.28. The molecule has 0 bridgehead atoms. The molecule has 2 nitrogen and oxygen atoms in total. The van der Waals surface area contributed by atoms with Gasteiger partial charge in [-0.1, -0.05) is 6.92 Å². The zero-order chi connectivity index (χ0) is 7.56. The van der Waals surface area contributed by atoms with E-state index in [1.54, 1.807) is 6.07 Å². The molecule has 0 aliphatic rings. The molecule has 3 heteroatoms. The van der Waals surface area contributed by atoms with E-state index in [1.165, 1.54) is 6.26 Å². The summed E-state index contributed by atoms with van der Waals surface area (Å²) in [6.45, 7) is 1.90. The Labute approximate surface area is 63.8 Å². The van der Waals surface area contributed by atoms with Gasteiger partial charge in [-0.05, 0) is 17.7 Å². The molecule has 0 fully saturated rings. The molecule has 0 unspecified atom stereocenters. The predicted molar refractivity (Wildman–Crippen MR) is 38.3 cm³/mol. The van der Waals surface area contributed by atoms with Gasteiger partial charge in [0.25, 0.3) is 5.24 Å². The van der Waals surface area contributed by atoms with Crippen LogP contribution in [0.25, 0.3) is 0 Å². The highest BCUT2D eigenvalue weighted by Gasteiger charge is 2.09. The fourth-order valence-electron chi connectivity index (χ4n) is 0.790. The molecule has 1 aromatic heterocycles. The van der Waals surface area contributed by atoms with E-state index in [-0.39, 0.29) is 0 Å². The van der Waals surface area contributed by atoms with Crippen LogP contribution in [0.2, 0.25) is 0 Å². The van der Waals surface area contributed by atoms with Crippen LogP contribution in [-0.2, 0) is 6.42 Å². The van der Waals surface area contributed by atoms with E-state index < -0.39 is 5.24 Å². The molecule has 0 aliphatic carbocycles. The molecule has 0 aromatic carbocycles. The van der Waals surface area contributed by atoms with Crippen molar-refractivity contribution in [3.8, 4) is 0 Å². The van der Waals surface area contributed by atoms with Crippen LogP contribution in [-0.4, -0.2) is 5.24 Å². The molecule has 54 valence electrons. The maximum absolute atomic E-state index is 10.6. The minimum absolute atomic E-state index is 0.453. The van der Waals surface area contributed by atoms with Gasteiger partial charge in [0.1, 0.15) is 5.76 Å². The quantitative estimate of drug-likeness (QED) is 0.618. The lowest BCUT2D eigenvalue weighted by atomic mass is 10.2. The molecule has 1 heterocycles. The topological polar surface area (TPSA) is 30.2 Å². The number of carbonyl (C=O) groups is 1. The number of halogens is 1. The summed E-state index contributed by atoms with van der Waals surface area (Å²) >= 11 is 5.23. The molecule has 10 heavy (non-hydrogen) atoms. The predicted octanol–water partition coefficient (Wildman–Crippen LogP) is 2.22. The van der Waals surface area contributed by atoms with Crippen LogP contribution in [0.1, 0.15) is 23.0 Å². The Morgan fingerprint density at radius 2 is 2.50 bits per heavy atom. The monoisotopic (exact) mass is 158 g/mol. The lowest BCUT2D eigenvalue weighted by molar-refractivity contribution is 0.107. The van der Waals surface area contributed by atoms with Gasteiger partial charge in [-0.3, -0.25) is 4.79 Å². The van der Waals surface area contributed by atoms with Crippen molar-refractivity contribution in [3.05, 3.63) is 23.7 Å². The summed E-state index contributed by atoms with van der Waals surface area (Å²) < 4.78 is 4.97. The van der Waals surface area contributed by atoms with Gasteiger partial charge >= 0.3 is 0 Å². The van der Waals surface area contributed by atoms with Crippen molar-refractivity contribution in [3.63, 3.8) is 0 Å². The second kappa shape index (κ2) is 2.88. The summed E-state index contributed by atoms with van der Waals surface area (Å²) in [4.78, 5) is 10.6. The molecule has 0 N–H and O–H groups in total. The minimum atomic E-state index is -0.453. The van der Waals surface area contributed by atoms with E-state index in [0.29, 0.717) is 17.7 Å². The molecule has 0 spiro atoms. The molecule has 0 radical (unpaired) electrons. The highest BCUT2D eigenvalue weighted by atomic mass is 35.5. The summed E-state index contributed by atoms with van der Waals surface area (Å²) in [5.74, 6) is 0.653. The van der Waals surface area contributed by atoms with E-state index in [0.717, 1.165) is 0 Å². The lowest BCUT2D eigenvalue weighted by Crippen LogP contribution is -1.90. The second-order valence-corrected chi connectivity index (χ2v) is 2.23. The number of furan rings is 1. The van der Waals surface area contributed by atoms with Crippen LogP contribution in [0.3, 0.4) is 0 Å². The largest absolute Gasteiger partial charge is 0.469 e. The van der Waals surface area contributed by atoms with Gasteiger partial charge in [0.15, 0.2) is 0 Å². The van der Waals surface area contributed by atoms with Crippen LogP contribution in [0, 0.1) is 0 Å². The summed E-state index contributed by atoms with van der Waals surface area (Å²) in [5, 5.41) is -0.453. The first-order valence-electron chi connectivity index (χ1n) is 3.02. The van der Waals surface area contributed by atoms with Crippen molar-refractivity contribution < 1.29 is 9.21 Å². The Morgan fingerprint density at radius 1 is 1.80 bits per heavy atom. The van der Waals surface area contributed by atoms with Crippen LogP contribution < -0.4 is 0 Å². The van der Waals surface area contributed by atoms with Gasteiger partial charge < -0.3 is 4.42 Å². The second-order valence-electron chi connectivity index (χ2n) is 1.88. The molecule has 0 amide bonds. The maximum atomic E-state index is 10.6. The summed E-state index contributed by atoms with van der Waals surface area (Å²) in [6.07, 6.45) is 2.16. The fraction of sp³-hybridized carbons (Fsp3) is 0.286. The van der Waals surface area contributed by atoms with Gasteiger partial charge in [-0.25, -0.2) is 0 Å². The number of hydrogen-bond donors (Lipinski definition) is 0. The first-order valence-corrected chi connectivity index (χ1v) is 3.39. The Balaban J connectivity index is 3.01. The zero-order valence-corrected chi connectivity index (χ0v) is 6.31. The number of rotatable bonds is 2. The molecule has 0 atom stereocenters. The van der Waals surface area contributed by atoms with Gasteiger partial charge in [-0.2, -0.15) is 0 Å². The molecule has 0 saturated heterocycles. The van der Waals surface area contributed by atoms with E-state index in [4.69, 9.17) is 16.0 Å². The average Bonchev–Trinajstić information content (AvgIpc) is 2.33. The Kier molecular flexibility index (Phi) is 2.12. The fourth-order valence-corrected chi connectivity index (χ4v) is 0.958. The van der Waals surface area contributed by atoms with Crippen molar-refractivity contribution >= 4 is 16.8 Å². The highest BCUT2D eigenvalue weighted by Crippen LogP contribution is 2.12. The smallest absolute Gasteiger partial charge is 0.255 e. The number of aryl methyl sites for hydroxylation is 1. The summed E-state index contributed by atoms with van der Waals surface area (Å²) in [5.41, 5.74) is 0.476. The third kappa shape index (κ3) is 1.21. The molecule has 0 aliphatic heterocycles. The van der Waals surface area contributed by atoms with Crippen molar-refractivity contribution in [2.45, 2.75) is 13.3 Å². The third-order valence-corrected chi connectivity index (χ3v) is 1.48. The zero-order valence-electron chi connectivity index (χ0n) is 5.56. The normalized spacial score (nSPS) is 9.80. The maximum Gasteiger partial charge on any atom is 0.255 e. The van der Waals surface area contributed by atoms with Crippen molar-refractivity contribution in [2.24, 2.45) is 0 Å². The first kappa shape index (κ1) is 7.35. The van der Waals surface area contributed by atoms with Gasteiger partial charge in [-0.15, -0.1) is 0 Å². The Bertz CT molecular complexity index is 240. The molecule has 0 saturated carbocycles. The van der Waals surface area contributed by atoms with Gasteiger partial charge in [0.2, 0.25) is 0 Å². The SMILES string of the molecule is CCc1occc1C(=O)Cl. The summed E-state index contributed by atoms with van der Waals surface area (Å²) in [6, 6.07) is 1.58. The first-order chi connectivity index (χ1) is 4.75. The number of hydrogen-bond acceptors (Lipinski definition) is 2. The van der Waals surface area contributed by atoms with E-state index in [1.807, 2.05) is 6.92 Å². The van der Waals surface area contributed by atoms with Crippen molar-refractivity contribution in [1.82, 2.24) is 0 Å². The summed E-state index contributed by atoms with van der Waals surface area (Å²) in [7, 11) is 0. The molecule has 1 aromatic rings. The molecule has 1 rings (SSSR count). The average molecular weight is 159 g/mol. The van der Waals surface area contributed by atoms with E-state index in [9.17, 15) is 4.79 Å². The van der Waals surface area contributed by atoms with Crippen LogP contribution in [0.15, 0.2) is 16.7 Å². The standard InChI is InChI=1S/C7H7ClO2/c1-2-6-5(7(8)9)3-4-10-6/h3-4H,2H2,1H3. The Morgan fingerprint density at radius 3 is 2.90 bits per heavy atom. The number of carbonyl (C=O) groups excluding carboxylic acids is 1. The highest BCUT2D eigenvalue weighted by molar-refractivity contribution is 6.67. The Hall–Kier alpha value is -0.760. The van der Waals surface area contributed by atoms with E-state index >= 15 is 0 Å². The minimum Gasteiger partial charge on any atom is -0.469 e. The van der Waals surface area contributed by atoms with E-state index in [2.05, 4.69) is 0 Å². The van der Waals surface area contributed by atoms with Crippen LogP contribution in [0.4, 0.5) is 0 Å². The van der Waals surface area contributed by atoms with Crippen molar-refractivity contribution in [2.75, 3.05) is 0 Å². The lowest BCUT2D eigenvalue weighted by Gasteiger charge is -1.89. The van der Waals surface area contributed by atoms with Crippen LogP contribution >= 0.6 is 11.6 Å². The molecular weight excluding hydrogens is 152 g/mol. The van der Waals surface area contributed by atoms with Gasteiger partial charge in [0, 0.05) is 6.42 Å². The van der Waals surface area contributed by atoms with Crippen LogP contribution in [0.5, 0.6) is 0 Å².